The van der Waals surface area contributed by atoms with Gasteiger partial charge in [-0.25, -0.2) is 8.42 Å². The van der Waals surface area contributed by atoms with Crippen molar-refractivity contribution in [1.82, 2.24) is 4.72 Å². The lowest BCUT2D eigenvalue weighted by molar-refractivity contribution is -0.151. The molecule has 2 aromatic carbocycles. The number of sulfonamides is 1. The fourth-order valence-electron chi connectivity index (χ4n) is 3.31. The molecule has 2 rings (SSSR count). The van der Waals surface area contributed by atoms with E-state index in [9.17, 15) is 21.6 Å². The molecule has 9 heteroatoms. The highest BCUT2D eigenvalue weighted by Gasteiger charge is 2.47. The van der Waals surface area contributed by atoms with E-state index in [4.69, 9.17) is 11.6 Å². The Hall–Kier alpha value is -1.22. The lowest BCUT2D eigenvalue weighted by atomic mass is 10.0. The number of benzene rings is 2. The Bertz CT molecular complexity index is 948. The maximum absolute atomic E-state index is 13.8. The van der Waals surface area contributed by atoms with Gasteiger partial charge in [0.1, 0.15) is 6.04 Å². The van der Waals surface area contributed by atoms with Gasteiger partial charge < -0.3 is 0 Å². The van der Waals surface area contributed by atoms with Gasteiger partial charge in [0.25, 0.3) is 0 Å². The number of alkyl halides is 3. The van der Waals surface area contributed by atoms with E-state index in [0.717, 1.165) is 5.56 Å². The lowest BCUT2D eigenvalue weighted by Gasteiger charge is -2.29. The fourth-order valence-corrected chi connectivity index (χ4v) is 6.10. The number of hydrogen-bond donors (Lipinski definition) is 2. The van der Waals surface area contributed by atoms with Gasteiger partial charge >= 0.3 is 6.18 Å². The van der Waals surface area contributed by atoms with E-state index in [-0.39, 0.29) is 15.5 Å². The zero-order valence-corrected chi connectivity index (χ0v) is 18.2. The molecule has 0 saturated carbocycles. The number of thiol groups is 1. The first-order valence-electron chi connectivity index (χ1n) is 8.35. The van der Waals surface area contributed by atoms with Gasteiger partial charge in [-0.15, -0.1) is 0 Å². The predicted molar refractivity (Wildman–Crippen MR) is 109 cm³/mol. The maximum Gasteiger partial charge on any atom is 0.406 e. The van der Waals surface area contributed by atoms with Crippen molar-refractivity contribution in [3.8, 4) is 0 Å². The average molecular weight is 452 g/mol. The molecule has 0 aromatic heterocycles. The van der Waals surface area contributed by atoms with Crippen molar-refractivity contribution < 1.29 is 21.6 Å². The van der Waals surface area contributed by atoms with Gasteiger partial charge in [0.15, 0.2) is 0 Å². The quantitative estimate of drug-likeness (QED) is 0.593. The van der Waals surface area contributed by atoms with Crippen LogP contribution in [0.15, 0.2) is 35.2 Å². The smallest absolute Gasteiger partial charge is 0.207 e. The number of halogens is 4. The summed E-state index contributed by atoms with van der Waals surface area (Å²) in [7, 11) is -4.46. The van der Waals surface area contributed by atoms with E-state index >= 15 is 0 Å². The molecular formula is C19H21ClF3NO2S2. The van der Waals surface area contributed by atoms with Crippen molar-refractivity contribution >= 4 is 34.3 Å². The second kappa shape index (κ2) is 8.26. The first-order chi connectivity index (χ1) is 12.8. The molecule has 0 radical (unpaired) electrons. The van der Waals surface area contributed by atoms with E-state index in [1.54, 1.807) is 52.0 Å². The van der Waals surface area contributed by atoms with Gasteiger partial charge in [-0.2, -0.15) is 30.5 Å². The topological polar surface area (TPSA) is 46.2 Å². The Morgan fingerprint density at radius 2 is 1.57 bits per heavy atom. The van der Waals surface area contributed by atoms with Crippen LogP contribution in [0.4, 0.5) is 13.2 Å². The molecule has 28 heavy (non-hydrogen) atoms. The zero-order chi connectivity index (χ0) is 21.4. The Morgan fingerprint density at radius 1 is 1.04 bits per heavy atom. The van der Waals surface area contributed by atoms with Crippen LogP contribution in [0, 0.1) is 27.7 Å². The second-order valence-corrected chi connectivity index (χ2v) is 9.40. The first-order valence-corrected chi connectivity index (χ1v) is 10.7. The second-order valence-electron chi connectivity index (χ2n) is 6.78. The van der Waals surface area contributed by atoms with Gasteiger partial charge in [-0.3, -0.25) is 0 Å². The van der Waals surface area contributed by atoms with Crippen LogP contribution < -0.4 is 4.72 Å². The highest BCUT2D eigenvalue weighted by molar-refractivity contribution is 7.89. The lowest BCUT2D eigenvalue weighted by Crippen LogP contribution is -2.48. The summed E-state index contributed by atoms with van der Waals surface area (Å²) in [5, 5.41) is -1.43. The van der Waals surface area contributed by atoms with Crippen LogP contribution in [0.1, 0.15) is 33.1 Å². The van der Waals surface area contributed by atoms with Crippen molar-refractivity contribution in [1.29, 1.82) is 0 Å². The van der Waals surface area contributed by atoms with Gasteiger partial charge in [-0.1, -0.05) is 41.4 Å². The van der Waals surface area contributed by atoms with Crippen molar-refractivity contribution in [2.24, 2.45) is 0 Å². The minimum absolute atomic E-state index is 0.0937. The molecule has 0 saturated heterocycles. The third-order valence-corrected chi connectivity index (χ3v) is 7.02. The molecule has 0 fully saturated rings. The van der Waals surface area contributed by atoms with Crippen LogP contribution >= 0.6 is 24.2 Å². The Labute approximate surface area is 173 Å². The van der Waals surface area contributed by atoms with Gasteiger partial charge in [0.2, 0.25) is 10.0 Å². The normalized spacial score (nSPS) is 14.8. The molecule has 0 spiro atoms. The molecule has 0 aliphatic heterocycles. The van der Waals surface area contributed by atoms with Crippen LogP contribution in [0.5, 0.6) is 0 Å². The highest BCUT2D eigenvalue weighted by Crippen LogP contribution is 2.40. The Kier molecular flexibility index (Phi) is 6.80. The summed E-state index contributed by atoms with van der Waals surface area (Å²) in [4.78, 5) is -0.163. The highest BCUT2D eigenvalue weighted by atomic mass is 35.5. The third-order valence-electron chi connectivity index (χ3n) is 4.39. The van der Waals surface area contributed by atoms with Crippen LogP contribution in [0.2, 0.25) is 5.02 Å². The van der Waals surface area contributed by atoms with Gasteiger partial charge in [0, 0.05) is 5.02 Å². The SMILES string of the molecule is Cc1cc(C)c(S(=O)(=O)NC(C(S)c2c(C)cccc2Cl)C(F)(F)F)c(C)c1. The molecule has 154 valence electrons. The first kappa shape index (κ1) is 23.1. The van der Waals surface area contributed by atoms with Crippen molar-refractivity contribution in [3.63, 3.8) is 0 Å². The van der Waals surface area contributed by atoms with Crippen LogP contribution in [0.25, 0.3) is 0 Å². The minimum atomic E-state index is -4.88. The summed E-state index contributed by atoms with van der Waals surface area (Å²) in [5.41, 5.74) is 2.18. The fraction of sp³-hybridized carbons (Fsp3) is 0.368. The minimum Gasteiger partial charge on any atom is -0.207 e. The van der Waals surface area contributed by atoms with Crippen LogP contribution in [-0.2, 0) is 10.0 Å². The molecule has 2 aromatic rings. The van der Waals surface area contributed by atoms with Crippen molar-refractivity contribution in [2.75, 3.05) is 0 Å². The molecule has 0 aliphatic rings. The third kappa shape index (κ3) is 4.84. The summed E-state index contributed by atoms with van der Waals surface area (Å²) >= 11 is 10.2. The van der Waals surface area contributed by atoms with Crippen molar-refractivity contribution in [2.45, 2.75) is 50.1 Å². The molecule has 0 heterocycles. The standard InChI is InChI=1S/C19H21ClF3NO2S2/c1-10-8-12(3)17(13(4)9-10)28(25,26)24-18(19(21,22)23)16(27)15-11(2)6-5-7-14(15)20/h5-9,16,18,24,27H,1-4H3. The van der Waals surface area contributed by atoms with Gasteiger partial charge in [-0.05, 0) is 56.0 Å². The number of rotatable bonds is 5. The summed E-state index contributed by atoms with van der Waals surface area (Å²) in [6.07, 6.45) is -4.88. The number of hydrogen-bond acceptors (Lipinski definition) is 3. The summed E-state index contributed by atoms with van der Waals surface area (Å²) in [5.74, 6) is 0. The molecule has 0 amide bonds. The Balaban J connectivity index is 2.54. The van der Waals surface area contributed by atoms with Crippen LogP contribution in [-0.4, -0.2) is 20.6 Å². The molecule has 1 N–H and O–H groups in total. The molecular weight excluding hydrogens is 431 g/mol. The summed E-state index contributed by atoms with van der Waals surface area (Å²) in [6, 6.07) is 5.41. The number of aryl methyl sites for hydroxylation is 4. The molecule has 2 unspecified atom stereocenters. The molecule has 2 atom stereocenters. The Morgan fingerprint density at radius 3 is 2.04 bits per heavy atom. The van der Waals surface area contributed by atoms with Crippen LogP contribution in [0.3, 0.4) is 0 Å². The monoisotopic (exact) mass is 451 g/mol. The maximum atomic E-state index is 13.8. The summed E-state index contributed by atoms with van der Waals surface area (Å²) < 4.78 is 69.0. The number of nitrogens with one attached hydrogen (secondary N) is 1. The summed E-state index contributed by atoms with van der Waals surface area (Å²) in [6.45, 7) is 6.48. The van der Waals surface area contributed by atoms with Gasteiger partial charge in [0.05, 0.1) is 10.1 Å². The molecule has 0 bridgehead atoms. The average Bonchev–Trinajstić information content (AvgIpc) is 2.49. The van der Waals surface area contributed by atoms with E-state index in [1.165, 1.54) is 6.07 Å². The van der Waals surface area contributed by atoms with E-state index < -0.39 is 27.5 Å². The molecule has 0 aliphatic carbocycles. The van der Waals surface area contributed by atoms with Crippen molar-refractivity contribution in [3.05, 3.63) is 63.2 Å². The zero-order valence-electron chi connectivity index (χ0n) is 15.7. The van der Waals surface area contributed by atoms with E-state index in [1.807, 2.05) is 4.72 Å². The van der Waals surface area contributed by atoms with E-state index in [2.05, 4.69) is 12.6 Å². The predicted octanol–water partition coefficient (Wildman–Crippen LogP) is 5.45. The van der Waals surface area contributed by atoms with E-state index in [0.29, 0.717) is 16.7 Å². The largest absolute Gasteiger partial charge is 0.406 e. The molecule has 3 nitrogen and oxygen atoms in total.